The van der Waals surface area contributed by atoms with Crippen LogP contribution in [0.15, 0.2) is 18.2 Å². The van der Waals surface area contributed by atoms with Crippen molar-refractivity contribution in [2.75, 3.05) is 5.32 Å². The molecule has 1 amide bonds. The second kappa shape index (κ2) is 6.40. The molecule has 0 radical (unpaired) electrons. The first-order valence-corrected chi connectivity index (χ1v) is 6.32. The molecule has 0 unspecified atom stereocenters. The summed E-state index contributed by atoms with van der Waals surface area (Å²) in [5.41, 5.74) is 0.0752. The smallest absolute Gasteiger partial charge is 0.303 e. The zero-order chi connectivity index (χ0) is 15.3. The van der Waals surface area contributed by atoms with E-state index in [9.17, 15) is 9.59 Å². The summed E-state index contributed by atoms with van der Waals surface area (Å²) in [6.45, 7) is 3.40. The molecule has 0 aliphatic rings. The van der Waals surface area contributed by atoms with Gasteiger partial charge in [0, 0.05) is 6.42 Å². The lowest BCUT2D eigenvalue weighted by atomic mass is 9.85. The van der Waals surface area contributed by atoms with Gasteiger partial charge in [-0.1, -0.05) is 25.4 Å². The highest BCUT2D eigenvalue weighted by Crippen LogP contribution is 2.27. The van der Waals surface area contributed by atoms with Crippen molar-refractivity contribution in [3.05, 3.63) is 28.8 Å². The van der Waals surface area contributed by atoms with Gasteiger partial charge in [0.05, 0.1) is 28.8 Å². The fourth-order valence-electron chi connectivity index (χ4n) is 1.79. The number of nitrogens with one attached hydrogen (secondary N) is 1. The molecule has 20 heavy (non-hydrogen) atoms. The number of carboxylic acids is 1. The lowest BCUT2D eigenvalue weighted by molar-refractivity contribution is -0.139. The van der Waals surface area contributed by atoms with Gasteiger partial charge in [0.1, 0.15) is 0 Å². The van der Waals surface area contributed by atoms with Gasteiger partial charge in [-0.2, -0.15) is 5.26 Å². The van der Waals surface area contributed by atoms with E-state index in [0.29, 0.717) is 16.3 Å². The highest BCUT2D eigenvalue weighted by atomic mass is 35.5. The number of aliphatic carboxylic acids is 1. The van der Waals surface area contributed by atoms with Gasteiger partial charge in [-0.15, -0.1) is 0 Å². The molecule has 1 rings (SSSR count). The largest absolute Gasteiger partial charge is 0.481 e. The monoisotopic (exact) mass is 294 g/mol. The molecule has 6 heteroatoms. The number of amides is 1. The van der Waals surface area contributed by atoms with Crippen LogP contribution in [-0.4, -0.2) is 17.0 Å². The molecule has 0 aromatic heterocycles. The number of rotatable bonds is 5. The van der Waals surface area contributed by atoms with Crippen molar-refractivity contribution in [1.82, 2.24) is 0 Å². The predicted molar refractivity (Wildman–Crippen MR) is 75.4 cm³/mol. The summed E-state index contributed by atoms with van der Waals surface area (Å²) < 4.78 is 0. The summed E-state index contributed by atoms with van der Waals surface area (Å²) in [6, 6.07) is 6.51. The van der Waals surface area contributed by atoms with Crippen molar-refractivity contribution in [3.8, 4) is 6.07 Å². The molecule has 1 aromatic carbocycles. The van der Waals surface area contributed by atoms with Crippen molar-refractivity contribution < 1.29 is 14.7 Å². The van der Waals surface area contributed by atoms with E-state index in [4.69, 9.17) is 22.0 Å². The molecule has 0 heterocycles. The predicted octanol–water partition coefficient (Wildman–Crippen LogP) is 3.04. The van der Waals surface area contributed by atoms with Crippen molar-refractivity contribution in [2.45, 2.75) is 26.7 Å². The molecule has 0 fully saturated rings. The minimum absolute atomic E-state index is 0.0480. The standard InChI is InChI=1S/C14H15ClN2O3/c1-14(2,7-13(19)20)6-12(18)17-11-5-9(8-16)3-4-10(11)15/h3-5H,6-7H2,1-2H3,(H,17,18)(H,19,20). The van der Waals surface area contributed by atoms with Gasteiger partial charge in [0.2, 0.25) is 5.91 Å². The average molecular weight is 295 g/mol. The molecule has 0 saturated heterocycles. The number of anilines is 1. The van der Waals surface area contributed by atoms with E-state index in [1.165, 1.54) is 12.1 Å². The Morgan fingerprint density at radius 1 is 1.40 bits per heavy atom. The first-order valence-electron chi connectivity index (χ1n) is 5.95. The van der Waals surface area contributed by atoms with E-state index >= 15 is 0 Å². The Bertz CT molecular complexity index is 576. The van der Waals surface area contributed by atoms with Crippen LogP contribution in [0.3, 0.4) is 0 Å². The van der Waals surface area contributed by atoms with E-state index in [1.807, 2.05) is 6.07 Å². The Morgan fingerprint density at radius 2 is 2.05 bits per heavy atom. The second-order valence-corrected chi connectivity index (χ2v) is 5.67. The molecule has 2 N–H and O–H groups in total. The van der Waals surface area contributed by atoms with Gasteiger partial charge < -0.3 is 10.4 Å². The Balaban J connectivity index is 2.77. The fraction of sp³-hybridized carbons (Fsp3) is 0.357. The van der Waals surface area contributed by atoms with E-state index in [0.717, 1.165) is 0 Å². The maximum atomic E-state index is 11.9. The van der Waals surface area contributed by atoms with E-state index in [2.05, 4.69) is 5.32 Å². The van der Waals surface area contributed by atoms with Gasteiger partial charge in [-0.25, -0.2) is 0 Å². The summed E-state index contributed by atoms with van der Waals surface area (Å²) in [5, 5.41) is 20.5. The molecular formula is C14H15ClN2O3. The third kappa shape index (κ3) is 4.90. The van der Waals surface area contributed by atoms with E-state index in [-0.39, 0.29) is 18.7 Å². The fourth-order valence-corrected chi connectivity index (χ4v) is 1.96. The lowest BCUT2D eigenvalue weighted by Crippen LogP contribution is -2.24. The highest BCUT2D eigenvalue weighted by molar-refractivity contribution is 6.33. The Kier molecular flexibility index (Phi) is 5.12. The molecule has 0 aliphatic heterocycles. The molecule has 1 aromatic rings. The highest BCUT2D eigenvalue weighted by Gasteiger charge is 2.25. The lowest BCUT2D eigenvalue weighted by Gasteiger charge is -2.21. The summed E-state index contributed by atoms with van der Waals surface area (Å²) in [5.74, 6) is -1.29. The van der Waals surface area contributed by atoms with Crippen LogP contribution in [0.1, 0.15) is 32.3 Å². The quantitative estimate of drug-likeness (QED) is 0.873. The van der Waals surface area contributed by atoms with Crippen LogP contribution in [0.25, 0.3) is 0 Å². The van der Waals surface area contributed by atoms with Crippen LogP contribution in [0, 0.1) is 16.7 Å². The number of carboxylic acid groups (broad SMARTS) is 1. The number of hydrogen-bond acceptors (Lipinski definition) is 3. The van der Waals surface area contributed by atoms with Crippen LogP contribution < -0.4 is 5.32 Å². The summed E-state index contributed by atoms with van der Waals surface area (Å²) >= 11 is 5.93. The van der Waals surface area contributed by atoms with Crippen molar-refractivity contribution in [1.29, 1.82) is 5.26 Å². The topological polar surface area (TPSA) is 90.2 Å². The van der Waals surface area contributed by atoms with Crippen LogP contribution in [0.4, 0.5) is 5.69 Å². The van der Waals surface area contributed by atoms with E-state index in [1.54, 1.807) is 19.9 Å². The number of halogens is 1. The molecule has 0 bridgehead atoms. The second-order valence-electron chi connectivity index (χ2n) is 5.27. The number of nitrogens with zero attached hydrogens (tertiary/aromatic N) is 1. The molecule has 106 valence electrons. The number of nitriles is 1. The average Bonchev–Trinajstić information content (AvgIpc) is 2.29. The van der Waals surface area contributed by atoms with Gasteiger partial charge in [-0.05, 0) is 23.6 Å². The van der Waals surface area contributed by atoms with Gasteiger partial charge >= 0.3 is 5.97 Å². The zero-order valence-corrected chi connectivity index (χ0v) is 12.0. The van der Waals surface area contributed by atoms with Gasteiger partial charge in [0.15, 0.2) is 0 Å². The molecule has 0 saturated carbocycles. The zero-order valence-electron chi connectivity index (χ0n) is 11.2. The molecule has 0 atom stereocenters. The van der Waals surface area contributed by atoms with Crippen molar-refractivity contribution >= 4 is 29.2 Å². The maximum Gasteiger partial charge on any atom is 0.303 e. The minimum atomic E-state index is -0.952. The summed E-state index contributed by atoms with van der Waals surface area (Å²) in [4.78, 5) is 22.6. The summed E-state index contributed by atoms with van der Waals surface area (Å²) in [6.07, 6.45) is -0.0567. The first-order chi connectivity index (χ1) is 9.23. The Hall–Kier alpha value is -2.06. The van der Waals surface area contributed by atoms with Crippen LogP contribution in [0.2, 0.25) is 5.02 Å². The molecule has 0 spiro atoms. The number of carbonyl (C=O) groups excluding carboxylic acids is 1. The third-order valence-corrected chi connectivity index (χ3v) is 2.97. The minimum Gasteiger partial charge on any atom is -0.481 e. The van der Waals surface area contributed by atoms with Gasteiger partial charge in [-0.3, -0.25) is 9.59 Å². The van der Waals surface area contributed by atoms with Crippen LogP contribution in [0.5, 0.6) is 0 Å². The number of carbonyl (C=O) groups is 2. The van der Waals surface area contributed by atoms with Gasteiger partial charge in [0.25, 0.3) is 0 Å². The molecule has 0 aliphatic carbocycles. The Morgan fingerprint density at radius 3 is 2.60 bits per heavy atom. The normalized spacial score (nSPS) is 10.7. The van der Waals surface area contributed by atoms with Crippen molar-refractivity contribution in [3.63, 3.8) is 0 Å². The maximum absolute atomic E-state index is 11.9. The van der Waals surface area contributed by atoms with Crippen LogP contribution >= 0.6 is 11.6 Å². The molecular weight excluding hydrogens is 280 g/mol. The van der Waals surface area contributed by atoms with E-state index < -0.39 is 11.4 Å². The van der Waals surface area contributed by atoms with Crippen LogP contribution in [-0.2, 0) is 9.59 Å². The SMILES string of the molecule is CC(C)(CC(=O)O)CC(=O)Nc1cc(C#N)ccc1Cl. The number of benzene rings is 1. The summed E-state index contributed by atoms with van der Waals surface area (Å²) in [7, 11) is 0. The first kappa shape index (κ1) is 16.0. The number of hydrogen-bond donors (Lipinski definition) is 2. The van der Waals surface area contributed by atoms with Crippen molar-refractivity contribution in [2.24, 2.45) is 5.41 Å². The molecule has 5 nitrogen and oxygen atoms in total. The Labute approximate surface area is 122 Å². The third-order valence-electron chi connectivity index (χ3n) is 2.64.